The molecule has 1 heterocycles. The molecule has 6 nitrogen and oxygen atoms in total. The molecule has 0 bridgehead atoms. The minimum absolute atomic E-state index is 0.180. The van der Waals surface area contributed by atoms with Crippen molar-refractivity contribution in [2.24, 2.45) is 0 Å². The number of fused-ring (bicyclic) bond motifs is 1. The Morgan fingerprint density at radius 3 is 2.52 bits per heavy atom. The highest BCUT2D eigenvalue weighted by atomic mass is 16.5. The van der Waals surface area contributed by atoms with Crippen LogP contribution < -0.4 is 18.9 Å². The number of esters is 1. The van der Waals surface area contributed by atoms with Gasteiger partial charge in [-0.3, -0.25) is 4.79 Å². The second kappa shape index (κ2) is 8.36. The van der Waals surface area contributed by atoms with E-state index >= 15 is 0 Å². The fraction of sp³-hybridized carbons (Fsp3) is 0.120. The normalized spacial score (nSPS) is 13.5. The Labute approximate surface area is 179 Å². The van der Waals surface area contributed by atoms with Crippen LogP contribution in [0.5, 0.6) is 23.0 Å². The first-order valence-electron chi connectivity index (χ1n) is 9.59. The molecule has 0 aromatic heterocycles. The van der Waals surface area contributed by atoms with E-state index in [1.54, 1.807) is 62.6 Å². The number of rotatable bonds is 5. The number of Topliss-reactive ketones (excluding diaryl/α,β-unsaturated/α-hetero) is 1. The molecule has 156 valence electrons. The molecule has 31 heavy (non-hydrogen) atoms. The average molecular weight is 416 g/mol. The molecule has 0 saturated heterocycles. The number of methoxy groups -OCH3 is 2. The molecule has 6 heteroatoms. The second-order valence-electron chi connectivity index (χ2n) is 6.87. The summed E-state index contributed by atoms with van der Waals surface area (Å²) >= 11 is 0. The number of hydrogen-bond acceptors (Lipinski definition) is 6. The van der Waals surface area contributed by atoms with E-state index in [1.165, 1.54) is 7.11 Å². The number of carbonyl (C=O) groups excluding carboxylic acids is 2. The van der Waals surface area contributed by atoms with Crippen LogP contribution in [0.3, 0.4) is 0 Å². The molecule has 0 saturated carbocycles. The van der Waals surface area contributed by atoms with E-state index in [-0.39, 0.29) is 11.5 Å². The zero-order chi connectivity index (χ0) is 22.0. The molecular weight excluding hydrogens is 396 g/mol. The zero-order valence-electron chi connectivity index (χ0n) is 17.3. The summed E-state index contributed by atoms with van der Waals surface area (Å²) in [5.74, 6) is 1.29. The van der Waals surface area contributed by atoms with E-state index in [4.69, 9.17) is 18.9 Å². The van der Waals surface area contributed by atoms with E-state index in [2.05, 4.69) is 0 Å². The van der Waals surface area contributed by atoms with Gasteiger partial charge in [0, 0.05) is 11.1 Å². The summed E-state index contributed by atoms with van der Waals surface area (Å²) in [4.78, 5) is 25.4. The first-order valence-corrected chi connectivity index (χ1v) is 9.59. The van der Waals surface area contributed by atoms with Crippen molar-refractivity contribution in [3.8, 4) is 23.0 Å². The van der Waals surface area contributed by atoms with Crippen molar-refractivity contribution in [2.45, 2.75) is 6.92 Å². The molecule has 0 amide bonds. The molecule has 3 aromatic carbocycles. The maximum Gasteiger partial charge on any atom is 0.343 e. The highest BCUT2D eigenvalue weighted by Gasteiger charge is 2.31. The lowest BCUT2D eigenvalue weighted by atomic mass is 10.1. The molecule has 1 aliphatic heterocycles. The number of allylic oxidation sites excluding steroid dienone is 1. The van der Waals surface area contributed by atoms with E-state index in [1.807, 2.05) is 18.2 Å². The Balaban J connectivity index is 1.62. The van der Waals surface area contributed by atoms with Crippen molar-refractivity contribution in [3.05, 3.63) is 88.7 Å². The number of hydrogen-bond donors (Lipinski definition) is 0. The van der Waals surface area contributed by atoms with Gasteiger partial charge < -0.3 is 18.9 Å². The van der Waals surface area contributed by atoms with Gasteiger partial charge in [-0.2, -0.15) is 0 Å². The highest BCUT2D eigenvalue weighted by Crippen LogP contribution is 2.40. The van der Waals surface area contributed by atoms with Crippen molar-refractivity contribution >= 4 is 17.8 Å². The van der Waals surface area contributed by atoms with Crippen molar-refractivity contribution in [3.63, 3.8) is 0 Å². The number of carbonyl (C=O) groups is 2. The molecular formula is C25H20O6. The molecule has 0 aliphatic carbocycles. The van der Waals surface area contributed by atoms with Crippen LogP contribution in [0.1, 0.15) is 31.8 Å². The Morgan fingerprint density at radius 1 is 0.935 bits per heavy atom. The van der Waals surface area contributed by atoms with Gasteiger partial charge in [0.05, 0.1) is 25.3 Å². The van der Waals surface area contributed by atoms with Gasteiger partial charge in [0.1, 0.15) is 23.0 Å². The highest BCUT2D eigenvalue weighted by molar-refractivity contribution is 6.15. The Morgan fingerprint density at radius 2 is 1.74 bits per heavy atom. The third-order valence-corrected chi connectivity index (χ3v) is 4.97. The van der Waals surface area contributed by atoms with Gasteiger partial charge in [0.15, 0.2) is 5.76 Å². The summed E-state index contributed by atoms with van der Waals surface area (Å²) in [5, 5.41) is 0. The Kier molecular flexibility index (Phi) is 5.45. The lowest BCUT2D eigenvalue weighted by molar-refractivity contribution is 0.0732. The minimum Gasteiger partial charge on any atom is -0.497 e. The zero-order valence-corrected chi connectivity index (χ0v) is 17.3. The van der Waals surface area contributed by atoms with Crippen molar-refractivity contribution in [1.29, 1.82) is 0 Å². The molecule has 4 rings (SSSR count). The SMILES string of the molecule is COc1cccc(C(=O)Oc2ccc3c(c2C)O/C(=C\c2ccccc2OC)C3=O)c1. The van der Waals surface area contributed by atoms with Crippen LogP contribution in [0.2, 0.25) is 0 Å². The van der Waals surface area contributed by atoms with E-state index in [9.17, 15) is 9.59 Å². The predicted octanol–water partition coefficient (Wildman–Crippen LogP) is 4.85. The predicted molar refractivity (Wildman–Crippen MR) is 115 cm³/mol. The molecule has 0 unspecified atom stereocenters. The van der Waals surface area contributed by atoms with Crippen LogP contribution >= 0.6 is 0 Å². The van der Waals surface area contributed by atoms with E-state index < -0.39 is 5.97 Å². The van der Waals surface area contributed by atoms with Gasteiger partial charge in [0.25, 0.3) is 0 Å². The quantitative estimate of drug-likeness (QED) is 0.336. The monoisotopic (exact) mass is 416 g/mol. The summed E-state index contributed by atoms with van der Waals surface area (Å²) in [6.07, 6.45) is 1.64. The lowest BCUT2D eigenvalue weighted by Crippen LogP contribution is -2.09. The maximum atomic E-state index is 12.8. The first-order chi connectivity index (χ1) is 15.0. The Bertz CT molecular complexity index is 1210. The molecule has 0 atom stereocenters. The fourth-order valence-corrected chi connectivity index (χ4v) is 3.31. The standard InChI is InChI=1S/C25H20O6/c1-15-20(31-25(27)17-8-6-9-18(13-17)28-2)12-11-19-23(26)22(30-24(15)19)14-16-7-4-5-10-21(16)29-3/h4-14H,1-3H3/b22-14-. The summed E-state index contributed by atoms with van der Waals surface area (Å²) in [6, 6.07) is 17.2. The molecule has 0 N–H and O–H groups in total. The largest absolute Gasteiger partial charge is 0.497 e. The summed E-state index contributed by atoms with van der Waals surface area (Å²) in [5.41, 5.74) is 2.06. The number of ketones is 1. The van der Waals surface area contributed by atoms with Gasteiger partial charge >= 0.3 is 5.97 Å². The number of benzene rings is 3. The van der Waals surface area contributed by atoms with Crippen LogP contribution in [-0.4, -0.2) is 26.0 Å². The van der Waals surface area contributed by atoms with Crippen molar-refractivity contribution in [1.82, 2.24) is 0 Å². The summed E-state index contributed by atoms with van der Waals surface area (Å²) in [6.45, 7) is 1.74. The number of para-hydroxylation sites is 1. The van der Waals surface area contributed by atoms with Crippen molar-refractivity contribution < 1.29 is 28.5 Å². The van der Waals surface area contributed by atoms with Gasteiger partial charge in [-0.05, 0) is 49.4 Å². The van der Waals surface area contributed by atoms with Gasteiger partial charge in [-0.15, -0.1) is 0 Å². The maximum absolute atomic E-state index is 12.8. The Hall–Kier alpha value is -4.06. The van der Waals surface area contributed by atoms with E-state index in [0.717, 1.165) is 5.56 Å². The van der Waals surface area contributed by atoms with Crippen LogP contribution in [0.4, 0.5) is 0 Å². The van der Waals surface area contributed by atoms with Crippen LogP contribution in [0, 0.1) is 6.92 Å². The molecule has 1 aliphatic rings. The van der Waals surface area contributed by atoms with Crippen LogP contribution in [0.15, 0.2) is 66.4 Å². The van der Waals surface area contributed by atoms with E-state index in [0.29, 0.717) is 39.7 Å². The van der Waals surface area contributed by atoms with Crippen molar-refractivity contribution in [2.75, 3.05) is 14.2 Å². The van der Waals surface area contributed by atoms with Gasteiger partial charge in [-0.25, -0.2) is 4.79 Å². The summed E-state index contributed by atoms with van der Waals surface area (Å²) < 4.78 is 21.9. The molecule has 3 aromatic rings. The van der Waals surface area contributed by atoms with Crippen LogP contribution in [0.25, 0.3) is 6.08 Å². The molecule has 0 spiro atoms. The van der Waals surface area contributed by atoms with Crippen LogP contribution in [-0.2, 0) is 0 Å². The third-order valence-electron chi connectivity index (χ3n) is 4.97. The number of ether oxygens (including phenoxy) is 4. The molecule has 0 radical (unpaired) electrons. The first kappa shape index (κ1) is 20.2. The van der Waals surface area contributed by atoms with Gasteiger partial charge in [-0.1, -0.05) is 24.3 Å². The second-order valence-corrected chi connectivity index (χ2v) is 6.87. The fourth-order valence-electron chi connectivity index (χ4n) is 3.31. The average Bonchev–Trinajstić information content (AvgIpc) is 3.12. The molecule has 0 fully saturated rings. The third kappa shape index (κ3) is 3.88. The smallest absolute Gasteiger partial charge is 0.343 e. The minimum atomic E-state index is -0.531. The summed E-state index contributed by atoms with van der Waals surface area (Å²) in [7, 11) is 3.09. The van der Waals surface area contributed by atoms with Gasteiger partial charge in [0.2, 0.25) is 5.78 Å². The topological polar surface area (TPSA) is 71.1 Å². The lowest BCUT2D eigenvalue weighted by Gasteiger charge is -2.10.